The predicted molar refractivity (Wildman–Crippen MR) is 58.6 cm³/mol. The summed E-state index contributed by atoms with van der Waals surface area (Å²) in [6.07, 6.45) is -8.26. The third-order valence-corrected chi connectivity index (χ3v) is 1.25. The molecule has 0 heterocycles. The Balaban J connectivity index is 0.000000494. The topological polar surface area (TPSA) is 43.4 Å². The van der Waals surface area contributed by atoms with Crippen LogP contribution in [0, 0.1) is 0 Å². The summed E-state index contributed by atoms with van der Waals surface area (Å²) in [6.45, 7) is 0. The van der Waals surface area contributed by atoms with Gasteiger partial charge in [0.05, 0.1) is 0 Å². The standard InChI is InChI=1S/C8H6F4O.Cl2O2S/c9-7(10)8(11,12)13-6-4-2-1-3-5-6;1-5(2,3)4/h1-5,7H;. The van der Waals surface area contributed by atoms with Gasteiger partial charge in [-0.3, -0.25) is 0 Å². The fraction of sp³-hybridized carbons (Fsp3) is 0.250. The smallest absolute Gasteiger partial charge is 0.428 e. The largest absolute Gasteiger partial charge is 0.461 e. The van der Waals surface area contributed by atoms with E-state index < -0.39 is 20.8 Å². The molecule has 10 heteroatoms. The number of hydrogen-bond acceptors (Lipinski definition) is 3. The highest BCUT2D eigenvalue weighted by atomic mass is 36.0. The molecule has 0 atom stereocenters. The predicted octanol–water partition coefficient (Wildman–Crippen LogP) is 3.63. The van der Waals surface area contributed by atoms with Crippen molar-refractivity contribution in [2.45, 2.75) is 12.5 Å². The molecular formula is C8H6Cl2F4O3S. The number of hydrogen-bond donors (Lipinski definition) is 0. The van der Waals surface area contributed by atoms with Crippen LogP contribution in [0.2, 0.25) is 0 Å². The second kappa shape index (κ2) is 7.01. The summed E-state index contributed by atoms with van der Waals surface area (Å²) in [5, 5.41) is 0. The van der Waals surface area contributed by atoms with Crippen molar-refractivity contribution in [1.82, 2.24) is 0 Å². The van der Waals surface area contributed by atoms with Crippen molar-refractivity contribution in [2.24, 2.45) is 0 Å². The van der Waals surface area contributed by atoms with E-state index in [1.54, 1.807) is 6.07 Å². The zero-order chi connectivity index (χ0) is 14.4. The molecule has 1 aromatic carbocycles. The van der Waals surface area contributed by atoms with Crippen LogP contribution in [0.1, 0.15) is 0 Å². The number of halogens is 6. The van der Waals surface area contributed by atoms with Crippen molar-refractivity contribution in [1.29, 1.82) is 0 Å². The van der Waals surface area contributed by atoms with E-state index in [0.29, 0.717) is 0 Å². The zero-order valence-electron chi connectivity index (χ0n) is 8.36. The van der Waals surface area contributed by atoms with Gasteiger partial charge in [-0.15, -0.1) is 0 Å². The van der Waals surface area contributed by atoms with Crippen molar-refractivity contribution in [3.63, 3.8) is 0 Å². The van der Waals surface area contributed by atoms with Crippen LogP contribution in [0.5, 0.6) is 5.75 Å². The molecule has 0 bridgehead atoms. The van der Waals surface area contributed by atoms with Crippen molar-refractivity contribution in [3.8, 4) is 5.75 Å². The normalized spacial score (nSPS) is 11.7. The second-order valence-electron chi connectivity index (χ2n) is 2.66. The van der Waals surface area contributed by atoms with Crippen LogP contribution in [0.4, 0.5) is 17.6 Å². The molecule has 104 valence electrons. The lowest BCUT2D eigenvalue weighted by atomic mass is 10.3. The molecule has 18 heavy (non-hydrogen) atoms. The van der Waals surface area contributed by atoms with Crippen LogP contribution in [0.25, 0.3) is 0 Å². The molecule has 0 fully saturated rings. The Bertz CT molecular complexity index is 445. The van der Waals surface area contributed by atoms with E-state index in [9.17, 15) is 17.6 Å². The van der Waals surface area contributed by atoms with E-state index in [4.69, 9.17) is 8.42 Å². The lowest BCUT2D eigenvalue weighted by molar-refractivity contribution is -0.253. The molecule has 0 aliphatic heterocycles. The number of para-hydroxylation sites is 1. The van der Waals surface area contributed by atoms with Crippen LogP contribution >= 0.6 is 21.4 Å². The van der Waals surface area contributed by atoms with Gasteiger partial charge in [0, 0.05) is 21.4 Å². The summed E-state index contributed by atoms with van der Waals surface area (Å²) in [5.74, 6) is -0.284. The van der Waals surface area contributed by atoms with Crippen LogP contribution in [-0.2, 0) is 8.26 Å². The van der Waals surface area contributed by atoms with Crippen LogP contribution in [-0.4, -0.2) is 21.0 Å². The highest BCUT2D eigenvalue weighted by Crippen LogP contribution is 2.26. The number of ether oxygens (including phenoxy) is 1. The summed E-state index contributed by atoms with van der Waals surface area (Å²) in [4.78, 5) is 0. The monoisotopic (exact) mass is 328 g/mol. The lowest BCUT2D eigenvalue weighted by Crippen LogP contribution is -2.33. The first-order valence-corrected chi connectivity index (χ1v) is 7.20. The molecule has 0 unspecified atom stereocenters. The maximum absolute atomic E-state index is 12.3. The third kappa shape index (κ3) is 9.32. The Morgan fingerprint density at radius 1 is 1.11 bits per heavy atom. The first-order valence-electron chi connectivity index (χ1n) is 4.06. The minimum Gasteiger partial charge on any atom is -0.428 e. The molecule has 0 amide bonds. The van der Waals surface area contributed by atoms with Gasteiger partial charge in [0.2, 0.25) is 0 Å². The Morgan fingerprint density at radius 2 is 1.50 bits per heavy atom. The van der Waals surface area contributed by atoms with E-state index >= 15 is 0 Å². The average Bonchev–Trinajstić information content (AvgIpc) is 2.15. The van der Waals surface area contributed by atoms with Crippen molar-refractivity contribution in [3.05, 3.63) is 30.3 Å². The highest BCUT2D eigenvalue weighted by molar-refractivity contribution is 8.31. The second-order valence-corrected chi connectivity index (χ2v) is 6.32. The quantitative estimate of drug-likeness (QED) is 0.628. The number of benzene rings is 1. The zero-order valence-corrected chi connectivity index (χ0v) is 10.7. The van der Waals surface area contributed by atoms with E-state index in [1.165, 1.54) is 24.3 Å². The van der Waals surface area contributed by atoms with Gasteiger partial charge in [-0.2, -0.15) is 26.0 Å². The summed E-state index contributed by atoms with van der Waals surface area (Å²) >= 11 is 0. The van der Waals surface area contributed by atoms with E-state index in [-0.39, 0.29) is 5.75 Å². The fourth-order valence-electron chi connectivity index (χ4n) is 0.690. The molecule has 1 aromatic rings. The molecule has 0 spiro atoms. The Kier molecular flexibility index (Phi) is 6.72. The molecule has 0 aromatic heterocycles. The van der Waals surface area contributed by atoms with Crippen molar-refractivity contribution >= 4 is 29.6 Å². The Morgan fingerprint density at radius 3 is 1.83 bits per heavy atom. The summed E-state index contributed by atoms with van der Waals surface area (Å²) in [6, 6.07) is 6.74. The Labute approximate surface area is 109 Å². The maximum atomic E-state index is 12.3. The van der Waals surface area contributed by atoms with Gasteiger partial charge in [-0.25, -0.2) is 0 Å². The molecule has 0 saturated heterocycles. The highest BCUT2D eigenvalue weighted by Gasteiger charge is 2.43. The molecule has 0 saturated carbocycles. The minimum atomic E-state index is -4.43. The van der Waals surface area contributed by atoms with Crippen LogP contribution in [0.3, 0.4) is 0 Å². The Hall–Kier alpha value is -0.730. The van der Waals surface area contributed by atoms with Gasteiger partial charge in [0.15, 0.2) is 0 Å². The summed E-state index contributed by atoms with van der Waals surface area (Å²) in [5.41, 5.74) is 0. The molecule has 0 radical (unpaired) electrons. The molecule has 0 N–H and O–H groups in total. The molecule has 0 aliphatic carbocycles. The van der Waals surface area contributed by atoms with Gasteiger partial charge in [0.25, 0.3) is 0 Å². The first-order chi connectivity index (χ1) is 8.02. The lowest BCUT2D eigenvalue weighted by Gasteiger charge is -2.16. The molecular weight excluding hydrogens is 323 g/mol. The molecule has 3 nitrogen and oxygen atoms in total. The fourth-order valence-corrected chi connectivity index (χ4v) is 0.690. The van der Waals surface area contributed by atoms with Gasteiger partial charge < -0.3 is 4.74 Å². The maximum Gasteiger partial charge on any atom is 0.461 e. The van der Waals surface area contributed by atoms with Gasteiger partial charge >= 0.3 is 20.8 Å². The van der Waals surface area contributed by atoms with Gasteiger partial charge in [-0.05, 0) is 12.1 Å². The molecule has 1 rings (SSSR count). The van der Waals surface area contributed by atoms with Crippen molar-refractivity contribution < 1.29 is 30.7 Å². The molecule has 0 aliphatic rings. The first kappa shape index (κ1) is 17.3. The number of alkyl halides is 4. The van der Waals surface area contributed by atoms with Gasteiger partial charge in [0.1, 0.15) is 5.75 Å². The van der Waals surface area contributed by atoms with E-state index in [0.717, 1.165) is 0 Å². The van der Waals surface area contributed by atoms with Crippen LogP contribution < -0.4 is 4.74 Å². The summed E-state index contributed by atoms with van der Waals surface area (Å²) in [7, 11) is 4.81. The average molecular weight is 329 g/mol. The summed E-state index contributed by atoms with van der Waals surface area (Å²) < 4.78 is 69.9. The van der Waals surface area contributed by atoms with Gasteiger partial charge in [-0.1, -0.05) is 18.2 Å². The van der Waals surface area contributed by atoms with Crippen LogP contribution in [0.15, 0.2) is 30.3 Å². The van der Waals surface area contributed by atoms with Crippen molar-refractivity contribution in [2.75, 3.05) is 0 Å². The SMILES string of the molecule is FC(F)C(F)(F)Oc1ccccc1.O=S(=O)(Cl)Cl. The number of rotatable bonds is 3. The third-order valence-electron chi connectivity index (χ3n) is 1.25. The van der Waals surface area contributed by atoms with E-state index in [2.05, 4.69) is 26.1 Å². The van der Waals surface area contributed by atoms with E-state index in [1.807, 2.05) is 0 Å². The minimum absolute atomic E-state index is 0.284.